The minimum Gasteiger partial charge on any atom is -0.336 e. The Kier molecular flexibility index (Phi) is 4.41. The third-order valence-corrected chi connectivity index (χ3v) is 2.68. The zero-order valence-electron chi connectivity index (χ0n) is 9.49. The lowest BCUT2D eigenvalue weighted by Gasteiger charge is -2.27. The molecule has 0 spiro atoms. The number of urea groups is 1. The highest BCUT2D eigenvalue weighted by Crippen LogP contribution is 2.23. The molecule has 1 aliphatic rings. The van der Waals surface area contributed by atoms with Crippen LogP contribution in [0.5, 0.6) is 0 Å². The van der Waals surface area contributed by atoms with Gasteiger partial charge in [0.25, 0.3) is 0 Å². The summed E-state index contributed by atoms with van der Waals surface area (Å²) in [5.74, 6) is 0. The van der Waals surface area contributed by atoms with Crippen LogP contribution in [-0.4, -0.2) is 29.6 Å². The first-order chi connectivity index (χ1) is 7.15. The van der Waals surface area contributed by atoms with Crippen LogP contribution < -0.4 is 5.32 Å². The second-order valence-corrected chi connectivity index (χ2v) is 4.33. The highest BCUT2D eigenvalue weighted by atomic mass is 16.2. The summed E-state index contributed by atoms with van der Waals surface area (Å²) in [5.41, 5.74) is 0. The zero-order valence-corrected chi connectivity index (χ0v) is 9.49. The molecule has 4 heteroatoms. The van der Waals surface area contributed by atoms with Gasteiger partial charge in [0, 0.05) is 12.1 Å². The first kappa shape index (κ1) is 11.8. The second kappa shape index (κ2) is 5.59. The van der Waals surface area contributed by atoms with E-state index in [0.29, 0.717) is 0 Å². The van der Waals surface area contributed by atoms with Gasteiger partial charge in [-0.15, -0.1) is 0 Å². The van der Waals surface area contributed by atoms with Crippen LogP contribution in [0, 0.1) is 11.3 Å². The molecular formula is C11H19N3O. The normalized spacial score (nSPS) is 16.4. The topological polar surface area (TPSA) is 56.1 Å². The Balaban J connectivity index is 2.56. The Morgan fingerprint density at radius 1 is 1.53 bits per heavy atom. The fourth-order valence-corrected chi connectivity index (χ4v) is 1.99. The van der Waals surface area contributed by atoms with Crippen molar-refractivity contribution in [2.75, 3.05) is 6.54 Å². The Morgan fingerprint density at radius 2 is 2.13 bits per heavy atom. The maximum Gasteiger partial charge on any atom is 0.318 e. The number of nitrogens with zero attached hydrogens (tertiary/aromatic N) is 2. The van der Waals surface area contributed by atoms with E-state index in [9.17, 15) is 4.79 Å². The summed E-state index contributed by atoms with van der Waals surface area (Å²) in [6, 6.07) is 2.36. The van der Waals surface area contributed by atoms with Crippen LogP contribution in [0.4, 0.5) is 4.79 Å². The molecule has 0 aromatic rings. The molecule has 0 aliphatic heterocycles. The minimum absolute atomic E-state index is 0.0987. The molecule has 0 aromatic heterocycles. The smallest absolute Gasteiger partial charge is 0.318 e. The van der Waals surface area contributed by atoms with Crippen molar-refractivity contribution < 1.29 is 4.79 Å². The van der Waals surface area contributed by atoms with Crippen molar-refractivity contribution in [1.82, 2.24) is 10.2 Å². The minimum atomic E-state index is -0.0987. The van der Waals surface area contributed by atoms with Gasteiger partial charge in [0.1, 0.15) is 6.54 Å². The summed E-state index contributed by atoms with van der Waals surface area (Å²) in [6.07, 6.45) is 4.41. The quantitative estimate of drug-likeness (QED) is 0.721. The Hall–Kier alpha value is -1.24. The molecule has 4 nitrogen and oxygen atoms in total. The average molecular weight is 209 g/mol. The highest BCUT2D eigenvalue weighted by molar-refractivity contribution is 5.75. The number of carbonyl (C=O) groups excluding carboxylic acids is 1. The molecule has 0 unspecified atom stereocenters. The van der Waals surface area contributed by atoms with E-state index < -0.39 is 0 Å². The van der Waals surface area contributed by atoms with Crippen LogP contribution in [0.1, 0.15) is 39.5 Å². The molecule has 1 saturated carbocycles. The van der Waals surface area contributed by atoms with Gasteiger partial charge >= 0.3 is 6.03 Å². The third-order valence-electron chi connectivity index (χ3n) is 2.68. The van der Waals surface area contributed by atoms with E-state index in [2.05, 4.69) is 11.4 Å². The SMILES string of the molecule is CC(C)NC(=O)N(CC#N)C1CCCC1. The molecular weight excluding hydrogens is 190 g/mol. The third kappa shape index (κ3) is 3.43. The fraction of sp³-hybridized carbons (Fsp3) is 0.818. The van der Waals surface area contributed by atoms with Crippen molar-refractivity contribution >= 4 is 6.03 Å². The zero-order chi connectivity index (χ0) is 11.3. The van der Waals surface area contributed by atoms with E-state index in [1.807, 2.05) is 13.8 Å². The summed E-state index contributed by atoms with van der Waals surface area (Å²) in [4.78, 5) is 13.5. The second-order valence-electron chi connectivity index (χ2n) is 4.33. The summed E-state index contributed by atoms with van der Waals surface area (Å²) < 4.78 is 0. The first-order valence-corrected chi connectivity index (χ1v) is 5.59. The lowest BCUT2D eigenvalue weighted by molar-refractivity contribution is 0.181. The van der Waals surface area contributed by atoms with Crippen LogP contribution in [0.3, 0.4) is 0 Å². The van der Waals surface area contributed by atoms with Gasteiger partial charge in [-0.05, 0) is 26.7 Å². The molecule has 0 aromatic carbocycles. The van der Waals surface area contributed by atoms with Gasteiger partial charge in [-0.1, -0.05) is 12.8 Å². The van der Waals surface area contributed by atoms with Crippen LogP contribution in [-0.2, 0) is 0 Å². The summed E-state index contributed by atoms with van der Waals surface area (Å²) in [6.45, 7) is 4.05. The molecule has 0 heterocycles. The Bertz CT molecular complexity index is 251. The number of nitrogens with one attached hydrogen (secondary N) is 1. The average Bonchev–Trinajstić information content (AvgIpc) is 2.65. The maximum atomic E-state index is 11.8. The van der Waals surface area contributed by atoms with Crippen molar-refractivity contribution in [3.05, 3.63) is 0 Å². The lowest BCUT2D eigenvalue weighted by Crippen LogP contribution is -2.47. The van der Waals surface area contributed by atoms with E-state index in [1.54, 1.807) is 4.90 Å². The Labute approximate surface area is 91.2 Å². The van der Waals surface area contributed by atoms with Gasteiger partial charge in [0.2, 0.25) is 0 Å². The predicted molar refractivity (Wildman–Crippen MR) is 58.2 cm³/mol. The molecule has 84 valence electrons. The summed E-state index contributed by atoms with van der Waals surface area (Å²) in [5, 5.41) is 11.5. The predicted octanol–water partition coefficient (Wildman–Crippen LogP) is 1.87. The van der Waals surface area contributed by atoms with Gasteiger partial charge in [-0.25, -0.2) is 4.79 Å². The van der Waals surface area contributed by atoms with E-state index in [4.69, 9.17) is 5.26 Å². The molecule has 0 radical (unpaired) electrons. The highest BCUT2D eigenvalue weighted by Gasteiger charge is 2.26. The summed E-state index contributed by atoms with van der Waals surface area (Å²) in [7, 11) is 0. The van der Waals surface area contributed by atoms with Crippen molar-refractivity contribution in [3.63, 3.8) is 0 Å². The van der Waals surface area contributed by atoms with Crippen molar-refractivity contribution in [2.45, 2.75) is 51.6 Å². The van der Waals surface area contributed by atoms with Gasteiger partial charge < -0.3 is 10.2 Å². The Morgan fingerprint density at radius 3 is 2.60 bits per heavy atom. The monoisotopic (exact) mass is 209 g/mol. The maximum absolute atomic E-state index is 11.8. The van der Waals surface area contributed by atoms with Gasteiger partial charge in [-0.2, -0.15) is 5.26 Å². The molecule has 0 saturated heterocycles. The van der Waals surface area contributed by atoms with Crippen molar-refractivity contribution in [3.8, 4) is 6.07 Å². The van der Waals surface area contributed by atoms with Crippen LogP contribution in [0.15, 0.2) is 0 Å². The standard InChI is InChI=1S/C11H19N3O/c1-9(2)13-11(15)14(8-7-12)10-5-3-4-6-10/h9-10H,3-6,8H2,1-2H3,(H,13,15). The van der Waals surface area contributed by atoms with Gasteiger partial charge in [0.15, 0.2) is 0 Å². The van der Waals surface area contributed by atoms with Crippen LogP contribution in [0.25, 0.3) is 0 Å². The van der Waals surface area contributed by atoms with Gasteiger partial charge in [-0.3, -0.25) is 0 Å². The van der Waals surface area contributed by atoms with E-state index in [1.165, 1.54) is 12.8 Å². The molecule has 1 aliphatic carbocycles. The number of hydrogen-bond acceptors (Lipinski definition) is 2. The van der Waals surface area contributed by atoms with E-state index >= 15 is 0 Å². The largest absolute Gasteiger partial charge is 0.336 e. The number of rotatable bonds is 3. The number of hydrogen-bond donors (Lipinski definition) is 1. The summed E-state index contributed by atoms with van der Waals surface area (Å²) >= 11 is 0. The number of nitriles is 1. The van der Waals surface area contributed by atoms with Crippen molar-refractivity contribution in [2.24, 2.45) is 0 Å². The van der Waals surface area contributed by atoms with Gasteiger partial charge in [0.05, 0.1) is 6.07 Å². The molecule has 2 amide bonds. The molecule has 1 fully saturated rings. The molecule has 1 N–H and O–H groups in total. The number of carbonyl (C=O) groups is 1. The molecule has 0 bridgehead atoms. The van der Waals surface area contributed by atoms with Crippen molar-refractivity contribution in [1.29, 1.82) is 5.26 Å². The van der Waals surface area contributed by atoms with E-state index in [-0.39, 0.29) is 24.7 Å². The molecule has 0 atom stereocenters. The number of amides is 2. The van der Waals surface area contributed by atoms with E-state index in [0.717, 1.165) is 12.8 Å². The molecule has 15 heavy (non-hydrogen) atoms. The molecule has 1 rings (SSSR count). The first-order valence-electron chi connectivity index (χ1n) is 5.59. The van der Waals surface area contributed by atoms with Crippen LogP contribution in [0.2, 0.25) is 0 Å². The van der Waals surface area contributed by atoms with Crippen LogP contribution >= 0.6 is 0 Å². The fourth-order valence-electron chi connectivity index (χ4n) is 1.99. The lowest BCUT2D eigenvalue weighted by atomic mass is 10.2.